The molecule has 96 valence electrons. The summed E-state index contributed by atoms with van der Waals surface area (Å²) in [5.41, 5.74) is 1.22. The molecule has 0 aliphatic rings. The minimum atomic E-state index is 0.225. The van der Waals surface area contributed by atoms with Crippen molar-refractivity contribution in [3.05, 3.63) is 17.0 Å². The van der Waals surface area contributed by atoms with Gasteiger partial charge in [0.05, 0.1) is 0 Å². The third-order valence-corrected chi connectivity index (χ3v) is 3.85. The summed E-state index contributed by atoms with van der Waals surface area (Å²) in [6.45, 7) is 11.9. The van der Waals surface area contributed by atoms with E-state index in [1.54, 1.807) is 0 Å². The number of rotatable bonds is 5. The number of halogens is 1. The number of nitrogens with zero attached hydrogens (tertiary/aromatic N) is 2. The summed E-state index contributed by atoms with van der Waals surface area (Å²) >= 11 is 6.05. The fourth-order valence-corrected chi connectivity index (χ4v) is 1.64. The minimum absolute atomic E-state index is 0.225. The van der Waals surface area contributed by atoms with Gasteiger partial charge in [-0.05, 0) is 17.8 Å². The molecule has 0 amide bonds. The van der Waals surface area contributed by atoms with Crippen LogP contribution in [0.5, 0.6) is 0 Å². The molecule has 0 radical (unpaired) electrons. The Balaban J connectivity index is 2.79. The molecule has 0 aliphatic carbocycles. The SMILES string of the molecule is CCc1c(Cl)ncnc1NCC(C)(C)C(C)C. The van der Waals surface area contributed by atoms with Crippen LogP contribution in [0.25, 0.3) is 0 Å². The molecule has 0 saturated heterocycles. The van der Waals surface area contributed by atoms with Crippen molar-refractivity contribution in [2.45, 2.75) is 41.0 Å². The Labute approximate surface area is 109 Å². The second-order valence-corrected chi connectivity index (χ2v) is 5.70. The molecule has 4 heteroatoms. The summed E-state index contributed by atoms with van der Waals surface area (Å²) in [6.07, 6.45) is 2.34. The zero-order valence-corrected chi connectivity index (χ0v) is 12.1. The van der Waals surface area contributed by atoms with Gasteiger partial charge in [0.25, 0.3) is 0 Å². The lowest BCUT2D eigenvalue weighted by Crippen LogP contribution is -2.29. The van der Waals surface area contributed by atoms with Crippen LogP contribution < -0.4 is 5.32 Å². The van der Waals surface area contributed by atoms with E-state index in [0.29, 0.717) is 11.1 Å². The number of anilines is 1. The lowest BCUT2D eigenvalue weighted by Gasteiger charge is -2.30. The van der Waals surface area contributed by atoms with Crippen LogP contribution in [0.1, 0.15) is 40.2 Å². The standard InChI is InChI=1S/C13H22ClN3/c1-6-10-11(14)16-8-17-12(10)15-7-13(4,5)9(2)3/h8-9H,6-7H2,1-5H3,(H,15,16,17). The topological polar surface area (TPSA) is 37.8 Å². The van der Waals surface area contributed by atoms with Crippen LogP contribution >= 0.6 is 11.6 Å². The molecule has 1 aromatic rings. The predicted molar refractivity (Wildman–Crippen MR) is 73.5 cm³/mol. The van der Waals surface area contributed by atoms with E-state index in [1.807, 2.05) is 0 Å². The van der Waals surface area contributed by atoms with Crippen molar-refractivity contribution < 1.29 is 0 Å². The zero-order valence-electron chi connectivity index (χ0n) is 11.3. The average molecular weight is 256 g/mol. The van der Waals surface area contributed by atoms with Crippen LogP contribution in [0.3, 0.4) is 0 Å². The first-order valence-electron chi connectivity index (χ1n) is 6.11. The maximum Gasteiger partial charge on any atom is 0.137 e. The predicted octanol–water partition coefficient (Wildman–Crippen LogP) is 3.79. The molecule has 1 aromatic heterocycles. The summed E-state index contributed by atoms with van der Waals surface area (Å²) in [4.78, 5) is 8.27. The minimum Gasteiger partial charge on any atom is -0.369 e. The third kappa shape index (κ3) is 3.56. The Morgan fingerprint density at radius 1 is 1.35 bits per heavy atom. The fraction of sp³-hybridized carbons (Fsp3) is 0.692. The molecule has 1 rings (SSSR count). The van der Waals surface area contributed by atoms with Gasteiger partial charge < -0.3 is 5.32 Å². The van der Waals surface area contributed by atoms with Gasteiger partial charge in [0.1, 0.15) is 17.3 Å². The highest BCUT2D eigenvalue weighted by Gasteiger charge is 2.22. The van der Waals surface area contributed by atoms with E-state index in [9.17, 15) is 0 Å². The molecule has 3 nitrogen and oxygen atoms in total. The van der Waals surface area contributed by atoms with Crippen LogP contribution in [0.2, 0.25) is 5.15 Å². The number of hydrogen-bond donors (Lipinski definition) is 1. The van der Waals surface area contributed by atoms with E-state index in [2.05, 4.69) is 49.9 Å². The lowest BCUT2D eigenvalue weighted by molar-refractivity contribution is 0.269. The molecular weight excluding hydrogens is 234 g/mol. The highest BCUT2D eigenvalue weighted by atomic mass is 35.5. The van der Waals surface area contributed by atoms with E-state index in [4.69, 9.17) is 11.6 Å². The van der Waals surface area contributed by atoms with Crippen molar-refractivity contribution in [3.8, 4) is 0 Å². The Hall–Kier alpha value is -0.830. The molecular formula is C13H22ClN3. The highest BCUT2D eigenvalue weighted by Crippen LogP contribution is 2.27. The molecule has 0 atom stereocenters. The molecule has 0 fully saturated rings. The maximum absolute atomic E-state index is 6.05. The van der Waals surface area contributed by atoms with Gasteiger partial charge in [-0.3, -0.25) is 0 Å². The highest BCUT2D eigenvalue weighted by molar-refractivity contribution is 6.30. The summed E-state index contributed by atoms with van der Waals surface area (Å²) in [5, 5.41) is 3.94. The van der Waals surface area contributed by atoms with Gasteiger partial charge in [-0.15, -0.1) is 0 Å². The Bertz CT molecular complexity index is 375. The van der Waals surface area contributed by atoms with Gasteiger partial charge in [-0.25, -0.2) is 9.97 Å². The van der Waals surface area contributed by atoms with E-state index in [-0.39, 0.29) is 5.41 Å². The molecule has 17 heavy (non-hydrogen) atoms. The quantitative estimate of drug-likeness (QED) is 0.814. The molecule has 0 unspecified atom stereocenters. The third-order valence-electron chi connectivity index (χ3n) is 3.52. The van der Waals surface area contributed by atoms with Crippen LogP contribution in [-0.4, -0.2) is 16.5 Å². The molecule has 0 aromatic carbocycles. The van der Waals surface area contributed by atoms with Crippen LogP contribution in [-0.2, 0) is 6.42 Å². The van der Waals surface area contributed by atoms with E-state index < -0.39 is 0 Å². The van der Waals surface area contributed by atoms with Crippen molar-refractivity contribution in [3.63, 3.8) is 0 Å². The summed E-state index contributed by atoms with van der Waals surface area (Å²) in [7, 11) is 0. The van der Waals surface area contributed by atoms with Gasteiger partial charge >= 0.3 is 0 Å². The molecule has 1 heterocycles. The summed E-state index contributed by atoms with van der Waals surface area (Å²) in [5.74, 6) is 1.47. The number of hydrogen-bond acceptors (Lipinski definition) is 3. The van der Waals surface area contributed by atoms with Gasteiger partial charge in [-0.2, -0.15) is 0 Å². The van der Waals surface area contributed by atoms with Crippen molar-refractivity contribution in [2.24, 2.45) is 11.3 Å². The van der Waals surface area contributed by atoms with E-state index in [0.717, 1.165) is 24.3 Å². The van der Waals surface area contributed by atoms with Crippen molar-refractivity contribution in [1.82, 2.24) is 9.97 Å². The molecule has 0 bridgehead atoms. The van der Waals surface area contributed by atoms with Crippen LogP contribution in [0.4, 0.5) is 5.82 Å². The molecule has 0 aliphatic heterocycles. The second-order valence-electron chi connectivity index (χ2n) is 5.34. The average Bonchev–Trinajstić information content (AvgIpc) is 2.26. The van der Waals surface area contributed by atoms with Crippen LogP contribution in [0.15, 0.2) is 6.33 Å². The normalized spacial score (nSPS) is 11.9. The van der Waals surface area contributed by atoms with Crippen LogP contribution in [0, 0.1) is 11.3 Å². The number of nitrogens with one attached hydrogen (secondary N) is 1. The monoisotopic (exact) mass is 255 g/mol. The maximum atomic E-state index is 6.05. The Kier molecular flexibility index (Phi) is 4.75. The molecule has 1 N–H and O–H groups in total. The van der Waals surface area contributed by atoms with E-state index in [1.165, 1.54) is 6.33 Å². The van der Waals surface area contributed by atoms with E-state index >= 15 is 0 Å². The second kappa shape index (κ2) is 5.67. The lowest BCUT2D eigenvalue weighted by atomic mass is 9.81. The zero-order chi connectivity index (χ0) is 13.1. The Morgan fingerprint density at radius 2 is 2.00 bits per heavy atom. The van der Waals surface area contributed by atoms with Crippen molar-refractivity contribution in [2.75, 3.05) is 11.9 Å². The van der Waals surface area contributed by atoms with Gasteiger partial charge in [0.15, 0.2) is 0 Å². The van der Waals surface area contributed by atoms with Crippen molar-refractivity contribution in [1.29, 1.82) is 0 Å². The van der Waals surface area contributed by atoms with Gasteiger partial charge in [-0.1, -0.05) is 46.2 Å². The first kappa shape index (κ1) is 14.2. The van der Waals surface area contributed by atoms with Gasteiger partial charge in [0, 0.05) is 12.1 Å². The van der Waals surface area contributed by atoms with Crippen molar-refractivity contribution >= 4 is 17.4 Å². The van der Waals surface area contributed by atoms with Gasteiger partial charge in [0.2, 0.25) is 0 Å². The smallest absolute Gasteiger partial charge is 0.137 e. The number of aromatic nitrogens is 2. The first-order chi connectivity index (χ1) is 7.88. The molecule has 0 saturated carbocycles. The summed E-state index contributed by atoms with van der Waals surface area (Å²) < 4.78 is 0. The molecule has 0 spiro atoms. The first-order valence-corrected chi connectivity index (χ1v) is 6.49. The fourth-order valence-electron chi connectivity index (χ4n) is 1.37. The Morgan fingerprint density at radius 3 is 2.53 bits per heavy atom. The largest absolute Gasteiger partial charge is 0.369 e. The summed E-state index contributed by atoms with van der Waals surface area (Å²) in [6, 6.07) is 0.